The molecule has 0 saturated carbocycles. The molecule has 0 atom stereocenters. The lowest BCUT2D eigenvalue weighted by molar-refractivity contribution is -0.113. The van der Waals surface area contributed by atoms with E-state index in [-0.39, 0.29) is 24.8 Å². The summed E-state index contributed by atoms with van der Waals surface area (Å²) < 4.78 is 55.2. The molecule has 2 aromatic heterocycles. The lowest BCUT2D eigenvalue weighted by Crippen LogP contribution is -2.44. The molecule has 4 N–H and O–H groups in total. The number of nitrogens with one attached hydrogen (secondary N) is 4. The molecule has 1 fully saturated rings. The van der Waals surface area contributed by atoms with Crippen LogP contribution in [0.1, 0.15) is 29.8 Å². The molecular formula is C29H34F2N8O3S. The first-order valence-electron chi connectivity index (χ1n) is 14.2. The highest BCUT2D eigenvalue weighted by Gasteiger charge is 2.33. The molecule has 3 aromatic rings. The van der Waals surface area contributed by atoms with Gasteiger partial charge in [-0.1, -0.05) is 0 Å². The molecule has 0 radical (unpaired) electrons. The molecule has 0 spiro atoms. The fourth-order valence-corrected chi connectivity index (χ4v) is 7.16. The number of aromatic amines is 2. The maximum absolute atomic E-state index is 13.8. The number of carbonyl (C=O) groups is 1. The van der Waals surface area contributed by atoms with E-state index in [0.717, 1.165) is 60.4 Å². The van der Waals surface area contributed by atoms with E-state index < -0.39 is 26.6 Å². The van der Waals surface area contributed by atoms with Crippen LogP contribution >= 0.6 is 0 Å². The van der Waals surface area contributed by atoms with Crippen molar-refractivity contribution in [3.05, 3.63) is 88.2 Å². The van der Waals surface area contributed by atoms with Crippen LogP contribution in [0.25, 0.3) is 0 Å². The summed E-state index contributed by atoms with van der Waals surface area (Å²) in [5.74, 6) is -2.04. The number of fused-ring (bicyclic) bond motifs is 1. The van der Waals surface area contributed by atoms with Gasteiger partial charge in [0, 0.05) is 91.9 Å². The number of rotatable bonds is 8. The number of nitrogens with zero attached hydrogens (tertiary/aromatic N) is 4. The number of H-pyrrole nitrogens is 2. The number of aromatic nitrogens is 3. The van der Waals surface area contributed by atoms with Gasteiger partial charge in [0.05, 0.1) is 11.4 Å². The van der Waals surface area contributed by atoms with Crippen molar-refractivity contribution < 1.29 is 22.0 Å². The first-order chi connectivity index (χ1) is 20.7. The SMILES string of the molecule is CN1CCN(C2=CC(NCc3ccc[nH]3)=C(C(=O)Nc3n[nH]c4c3CN(S(=O)(=O)c3cc(F)cc(F)c3)CC4)CC2)CC1. The van der Waals surface area contributed by atoms with Crippen LogP contribution in [0, 0.1) is 11.6 Å². The Morgan fingerprint density at radius 1 is 1.05 bits per heavy atom. The molecule has 1 amide bonds. The van der Waals surface area contributed by atoms with Gasteiger partial charge in [-0.15, -0.1) is 0 Å². The molecule has 3 aliphatic rings. The number of likely N-dealkylation sites (N-methyl/N-ethyl adjacent to an activating group) is 1. The van der Waals surface area contributed by atoms with Gasteiger partial charge in [0.2, 0.25) is 10.0 Å². The standard InChI is InChI=1S/C29H34F2N8O3S/c1-37-9-11-38(12-10-37)22-4-5-24(27(16-22)33-17-21-3-2-7-32-21)29(40)34-28-25-18-39(8-6-26(25)35-36-28)43(41,42)23-14-19(30)13-20(31)15-23/h2-3,7,13-16,32-33H,4-6,8-12,17-18H2,1H3,(H2,34,35,36,40). The summed E-state index contributed by atoms with van der Waals surface area (Å²) >= 11 is 0. The summed E-state index contributed by atoms with van der Waals surface area (Å²) in [5, 5.41) is 13.5. The molecule has 1 saturated heterocycles. The summed E-state index contributed by atoms with van der Waals surface area (Å²) in [6, 6.07) is 6.11. The molecule has 1 aliphatic carbocycles. The van der Waals surface area contributed by atoms with E-state index in [4.69, 9.17) is 0 Å². The number of amides is 1. The highest BCUT2D eigenvalue weighted by atomic mass is 32.2. The lowest BCUT2D eigenvalue weighted by atomic mass is 9.97. The molecule has 2 aliphatic heterocycles. The predicted molar refractivity (Wildman–Crippen MR) is 156 cm³/mol. The highest BCUT2D eigenvalue weighted by molar-refractivity contribution is 7.89. The van der Waals surface area contributed by atoms with Crippen molar-refractivity contribution in [1.29, 1.82) is 0 Å². The zero-order chi connectivity index (χ0) is 30.1. The van der Waals surface area contributed by atoms with Gasteiger partial charge >= 0.3 is 0 Å². The van der Waals surface area contributed by atoms with Gasteiger partial charge in [0.15, 0.2) is 5.82 Å². The monoisotopic (exact) mass is 612 g/mol. The average Bonchev–Trinajstić information content (AvgIpc) is 3.66. The minimum absolute atomic E-state index is 0.0981. The Hall–Kier alpha value is -4.01. The van der Waals surface area contributed by atoms with Crippen molar-refractivity contribution >= 4 is 21.7 Å². The van der Waals surface area contributed by atoms with Crippen molar-refractivity contribution in [2.75, 3.05) is 45.1 Å². The number of anilines is 1. The van der Waals surface area contributed by atoms with Crippen LogP contribution in [0.5, 0.6) is 0 Å². The van der Waals surface area contributed by atoms with E-state index in [1.807, 2.05) is 18.3 Å². The van der Waals surface area contributed by atoms with Gasteiger partial charge < -0.3 is 25.4 Å². The van der Waals surface area contributed by atoms with Crippen LogP contribution in [0.4, 0.5) is 14.6 Å². The number of hydrogen-bond donors (Lipinski definition) is 4. The van der Waals surface area contributed by atoms with E-state index in [2.05, 4.69) is 48.7 Å². The molecule has 4 heterocycles. The quantitative estimate of drug-likeness (QED) is 0.308. The third-order valence-corrected chi connectivity index (χ3v) is 10.0. The molecule has 6 rings (SSSR count). The normalized spacial score (nSPS) is 18.4. The summed E-state index contributed by atoms with van der Waals surface area (Å²) in [6.45, 7) is 4.31. The maximum Gasteiger partial charge on any atom is 0.254 e. The third kappa shape index (κ3) is 6.21. The van der Waals surface area contributed by atoms with Gasteiger partial charge in [0.25, 0.3) is 5.91 Å². The van der Waals surface area contributed by atoms with E-state index in [0.29, 0.717) is 42.3 Å². The Labute approximate surface area is 248 Å². The van der Waals surface area contributed by atoms with Gasteiger partial charge in [-0.05, 0) is 50.2 Å². The van der Waals surface area contributed by atoms with E-state index >= 15 is 0 Å². The Morgan fingerprint density at radius 3 is 2.53 bits per heavy atom. The Morgan fingerprint density at radius 2 is 1.81 bits per heavy atom. The molecule has 0 unspecified atom stereocenters. The average molecular weight is 613 g/mol. The van der Waals surface area contributed by atoms with Gasteiger partial charge in [-0.25, -0.2) is 17.2 Å². The predicted octanol–water partition coefficient (Wildman–Crippen LogP) is 2.67. The molecular weight excluding hydrogens is 578 g/mol. The molecule has 228 valence electrons. The van der Waals surface area contributed by atoms with Crippen LogP contribution < -0.4 is 10.6 Å². The second-order valence-electron chi connectivity index (χ2n) is 11.0. The minimum Gasteiger partial charge on any atom is -0.379 e. The zero-order valence-corrected chi connectivity index (χ0v) is 24.6. The second-order valence-corrected chi connectivity index (χ2v) is 13.0. The molecule has 0 bridgehead atoms. The Balaban J connectivity index is 1.23. The molecule has 43 heavy (non-hydrogen) atoms. The second kappa shape index (κ2) is 11.9. The smallest absolute Gasteiger partial charge is 0.254 e. The lowest BCUT2D eigenvalue weighted by Gasteiger charge is -2.37. The van der Waals surface area contributed by atoms with Crippen LogP contribution in [0.15, 0.2) is 64.5 Å². The fourth-order valence-electron chi connectivity index (χ4n) is 5.71. The fraction of sp³-hybridized carbons (Fsp3) is 0.379. The summed E-state index contributed by atoms with van der Waals surface area (Å²) in [4.78, 5) is 21.1. The molecule has 14 heteroatoms. The first kappa shape index (κ1) is 29.1. The molecule has 1 aromatic carbocycles. The Kier molecular flexibility index (Phi) is 8.07. The number of hydrogen-bond acceptors (Lipinski definition) is 7. The topological polar surface area (TPSA) is 129 Å². The van der Waals surface area contributed by atoms with Gasteiger partial charge in [0.1, 0.15) is 11.6 Å². The zero-order valence-electron chi connectivity index (χ0n) is 23.8. The largest absolute Gasteiger partial charge is 0.379 e. The van der Waals surface area contributed by atoms with Crippen LogP contribution in [0.3, 0.4) is 0 Å². The van der Waals surface area contributed by atoms with Crippen molar-refractivity contribution in [3.8, 4) is 0 Å². The summed E-state index contributed by atoms with van der Waals surface area (Å²) in [5.41, 5.74) is 4.70. The van der Waals surface area contributed by atoms with E-state index in [1.165, 1.54) is 5.70 Å². The number of benzene rings is 1. The maximum atomic E-state index is 13.8. The van der Waals surface area contributed by atoms with Crippen molar-refractivity contribution in [3.63, 3.8) is 0 Å². The highest BCUT2D eigenvalue weighted by Crippen LogP contribution is 2.31. The summed E-state index contributed by atoms with van der Waals surface area (Å²) in [7, 11) is -2.08. The van der Waals surface area contributed by atoms with Crippen LogP contribution in [0.2, 0.25) is 0 Å². The number of allylic oxidation sites excluding steroid dienone is 2. The van der Waals surface area contributed by atoms with Crippen LogP contribution in [-0.4, -0.2) is 83.4 Å². The minimum atomic E-state index is -4.19. The van der Waals surface area contributed by atoms with Crippen molar-refractivity contribution in [1.82, 2.24) is 34.6 Å². The van der Waals surface area contributed by atoms with Crippen LogP contribution in [-0.2, 0) is 34.3 Å². The number of piperazine rings is 1. The number of halogens is 2. The number of carbonyl (C=O) groups excluding carboxylic acids is 1. The Bertz CT molecular complexity index is 1650. The number of sulfonamides is 1. The summed E-state index contributed by atoms with van der Waals surface area (Å²) in [6.07, 6.45) is 5.45. The first-order valence-corrected chi connectivity index (χ1v) is 15.7. The molecule has 11 nitrogen and oxygen atoms in total. The third-order valence-electron chi connectivity index (χ3n) is 8.19. The van der Waals surface area contributed by atoms with E-state index in [1.54, 1.807) is 0 Å². The van der Waals surface area contributed by atoms with Crippen molar-refractivity contribution in [2.45, 2.75) is 37.2 Å². The van der Waals surface area contributed by atoms with E-state index in [9.17, 15) is 22.0 Å². The van der Waals surface area contributed by atoms with Crippen molar-refractivity contribution in [2.24, 2.45) is 0 Å². The van der Waals surface area contributed by atoms with Gasteiger partial charge in [-0.3, -0.25) is 9.89 Å². The van der Waals surface area contributed by atoms with Gasteiger partial charge in [-0.2, -0.15) is 9.40 Å².